The van der Waals surface area contributed by atoms with Crippen LogP contribution in [0.5, 0.6) is 0 Å². The van der Waals surface area contributed by atoms with Crippen LogP contribution in [-0.4, -0.2) is 11.9 Å². The van der Waals surface area contributed by atoms with Crippen molar-refractivity contribution in [3.8, 4) is 6.07 Å². The Labute approximate surface area is 181 Å². The van der Waals surface area contributed by atoms with E-state index in [2.05, 4.69) is 16.7 Å². The third-order valence-electron chi connectivity index (χ3n) is 5.42. The van der Waals surface area contributed by atoms with Gasteiger partial charge in [-0.3, -0.25) is 4.79 Å². The quantitative estimate of drug-likeness (QED) is 0.583. The lowest BCUT2D eigenvalue weighted by molar-refractivity contribution is 0.0951. The normalized spacial score (nSPS) is 17.2. The molecule has 0 spiro atoms. The van der Waals surface area contributed by atoms with Crippen molar-refractivity contribution in [2.75, 3.05) is 0 Å². The molecule has 4 nitrogen and oxygen atoms in total. The molecule has 0 heterocycles. The molecular weight excluding hydrogens is 394 g/mol. The summed E-state index contributed by atoms with van der Waals surface area (Å²) in [5.41, 5.74) is 4.52. The topological polar surface area (TPSA) is 64.9 Å². The van der Waals surface area contributed by atoms with E-state index in [-0.39, 0.29) is 5.91 Å². The lowest BCUT2D eigenvalue weighted by Gasteiger charge is -2.08. The van der Waals surface area contributed by atoms with Crippen molar-refractivity contribution >= 4 is 17.5 Å². The van der Waals surface area contributed by atoms with E-state index in [0.717, 1.165) is 17.5 Å². The van der Waals surface area contributed by atoms with E-state index in [1.165, 1.54) is 5.56 Å². The molecule has 2 atom stereocenters. The molecule has 1 aliphatic rings. The van der Waals surface area contributed by atoms with Gasteiger partial charge in [-0.25, -0.2) is 0 Å². The summed E-state index contributed by atoms with van der Waals surface area (Å²) in [6.45, 7) is 1.15. The molecule has 0 aliphatic heterocycles. The van der Waals surface area contributed by atoms with E-state index in [9.17, 15) is 4.79 Å². The molecule has 1 fully saturated rings. The van der Waals surface area contributed by atoms with Crippen molar-refractivity contribution in [3.63, 3.8) is 0 Å². The maximum Gasteiger partial charge on any atom is 0.251 e. The van der Waals surface area contributed by atoms with Gasteiger partial charge in [0.05, 0.1) is 11.6 Å². The van der Waals surface area contributed by atoms with Crippen molar-refractivity contribution in [3.05, 3.63) is 106 Å². The first-order valence-corrected chi connectivity index (χ1v) is 10.4. The van der Waals surface area contributed by atoms with Gasteiger partial charge in [-0.2, -0.15) is 5.26 Å². The summed E-state index contributed by atoms with van der Waals surface area (Å²) < 4.78 is 0. The molecule has 3 aromatic carbocycles. The predicted octanol–water partition coefficient (Wildman–Crippen LogP) is 4.79. The van der Waals surface area contributed by atoms with Crippen LogP contribution in [0.1, 0.15) is 45.0 Å². The third-order valence-corrected chi connectivity index (χ3v) is 5.79. The van der Waals surface area contributed by atoms with Gasteiger partial charge in [-0.15, -0.1) is 0 Å². The molecule has 0 saturated heterocycles. The minimum absolute atomic E-state index is 0.0668. The lowest BCUT2D eigenvalue weighted by atomic mass is 10.1. The number of carbonyl (C=O) groups is 1. The van der Waals surface area contributed by atoms with Gasteiger partial charge in [-0.05, 0) is 53.4 Å². The molecule has 2 N–H and O–H groups in total. The van der Waals surface area contributed by atoms with E-state index in [0.29, 0.717) is 41.2 Å². The van der Waals surface area contributed by atoms with Crippen molar-refractivity contribution in [1.82, 2.24) is 10.6 Å². The molecule has 0 bridgehead atoms. The fraction of sp³-hybridized carbons (Fsp3) is 0.200. The average Bonchev–Trinajstić information content (AvgIpc) is 3.57. The Bertz CT molecular complexity index is 1070. The zero-order valence-corrected chi connectivity index (χ0v) is 17.2. The van der Waals surface area contributed by atoms with Crippen molar-refractivity contribution < 1.29 is 4.79 Å². The highest BCUT2D eigenvalue weighted by Crippen LogP contribution is 2.41. The highest BCUT2D eigenvalue weighted by molar-refractivity contribution is 6.31. The standard InChI is InChI=1S/C25H22ClN3O/c26-23-11-6-18(14-27)12-21(23)16-28-24-13-22(24)19-7-9-20(10-8-19)25(30)29-15-17-4-2-1-3-5-17/h1-12,22,24,28H,13,15-16H2,(H,29,30)/t22-,24+/m0/s1. The first-order chi connectivity index (χ1) is 14.6. The Hall–Kier alpha value is -3.13. The van der Waals surface area contributed by atoms with Gasteiger partial charge < -0.3 is 10.6 Å². The van der Waals surface area contributed by atoms with Crippen LogP contribution in [0.3, 0.4) is 0 Å². The number of hydrogen-bond donors (Lipinski definition) is 2. The Morgan fingerprint density at radius 1 is 1.03 bits per heavy atom. The molecule has 1 saturated carbocycles. The van der Waals surface area contributed by atoms with Gasteiger partial charge in [0.1, 0.15) is 0 Å². The second kappa shape index (κ2) is 9.13. The Morgan fingerprint density at radius 2 is 1.80 bits per heavy atom. The second-order valence-corrected chi connectivity index (χ2v) is 7.95. The zero-order valence-electron chi connectivity index (χ0n) is 16.4. The summed E-state index contributed by atoms with van der Waals surface area (Å²) in [4.78, 5) is 12.4. The van der Waals surface area contributed by atoms with Crippen LogP contribution >= 0.6 is 11.6 Å². The zero-order chi connectivity index (χ0) is 20.9. The Balaban J connectivity index is 1.29. The molecule has 5 heteroatoms. The van der Waals surface area contributed by atoms with Crippen LogP contribution in [-0.2, 0) is 13.1 Å². The fourth-order valence-electron chi connectivity index (χ4n) is 3.57. The van der Waals surface area contributed by atoms with Crippen LogP contribution in [0.15, 0.2) is 72.8 Å². The van der Waals surface area contributed by atoms with Crippen LogP contribution in [0.25, 0.3) is 0 Å². The van der Waals surface area contributed by atoms with Gasteiger partial charge >= 0.3 is 0 Å². The number of benzene rings is 3. The highest BCUT2D eigenvalue weighted by Gasteiger charge is 2.37. The first kappa shape index (κ1) is 20.2. The summed E-state index contributed by atoms with van der Waals surface area (Å²) in [6, 6.07) is 25.6. The fourth-order valence-corrected chi connectivity index (χ4v) is 3.76. The van der Waals surface area contributed by atoms with Crippen LogP contribution in [0.4, 0.5) is 0 Å². The Kier molecular flexibility index (Phi) is 6.13. The number of nitriles is 1. The average molecular weight is 416 g/mol. The van der Waals surface area contributed by atoms with Crippen LogP contribution in [0, 0.1) is 11.3 Å². The summed E-state index contributed by atoms with van der Waals surface area (Å²) in [5, 5.41) is 16.2. The lowest BCUT2D eigenvalue weighted by Crippen LogP contribution is -2.22. The molecule has 1 aliphatic carbocycles. The van der Waals surface area contributed by atoms with E-state index >= 15 is 0 Å². The predicted molar refractivity (Wildman–Crippen MR) is 118 cm³/mol. The van der Waals surface area contributed by atoms with Gasteiger partial charge in [0, 0.05) is 35.6 Å². The third kappa shape index (κ3) is 4.88. The molecule has 30 heavy (non-hydrogen) atoms. The number of rotatable bonds is 7. The van der Waals surface area contributed by atoms with Gasteiger partial charge in [0.15, 0.2) is 0 Å². The van der Waals surface area contributed by atoms with Crippen molar-refractivity contribution in [2.45, 2.75) is 31.5 Å². The summed E-state index contributed by atoms with van der Waals surface area (Å²) in [7, 11) is 0. The van der Waals surface area contributed by atoms with E-state index in [4.69, 9.17) is 16.9 Å². The van der Waals surface area contributed by atoms with Crippen molar-refractivity contribution in [2.24, 2.45) is 0 Å². The van der Waals surface area contributed by atoms with Gasteiger partial charge in [-0.1, -0.05) is 54.1 Å². The number of halogens is 1. The molecule has 1 amide bonds. The second-order valence-electron chi connectivity index (χ2n) is 7.54. The maximum atomic E-state index is 12.4. The smallest absolute Gasteiger partial charge is 0.251 e. The first-order valence-electron chi connectivity index (χ1n) is 9.98. The summed E-state index contributed by atoms with van der Waals surface area (Å²) in [5.74, 6) is 0.368. The summed E-state index contributed by atoms with van der Waals surface area (Å²) >= 11 is 6.24. The molecule has 0 radical (unpaired) electrons. The maximum absolute atomic E-state index is 12.4. The largest absolute Gasteiger partial charge is 0.348 e. The Morgan fingerprint density at radius 3 is 2.53 bits per heavy atom. The van der Waals surface area contributed by atoms with Gasteiger partial charge in [0.25, 0.3) is 5.91 Å². The van der Waals surface area contributed by atoms with E-state index < -0.39 is 0 Å². The number of nitrogens with zero attached hydrogens (tertiary/aromatic N) is 1. The minimum Gasteiger partial charge on any atom is -0.348 e. The highest BCUT2D eigenvalue weighted by atomic mass is 35.5. The molecule has 0 unspecified atom stereocenters. The minimum atomic E-state index is -0.0668. The molecular formula is C25H22ClN3O. The molecule has 0 aromatic heterocycles. The van der Waals surface area contributed by atoms with Crippen LogP contribution in [0.2, 0.25) is 5.02 Å². The summed E-state index contributed by atoms with van der Waals surface area (Å²) in [6.07, 6.45) is 1.05. The SMILES string of the molecule is N#Cc1ccc(Cl)c(CN[C@@H]2C[C@H]2c2ccc(C(=O)NCc3ccccc3)cc2)c1. The monoisotopic (exact) mass is 415 g/mol. The number of nitrogens with one attached hydrogen (secondary N) is 2. The van der Waals surface area contributed by atoms with Gasteiger partial charge in [0.2, 0.25) is 0 Å². The number of hydrogen-bond acceptors (Lipinski definition) is 3. The molecule has 4 rings (SSSR count). The van der Waals surface area contributed by atoms with Crippen molar-refractivity contribution in [1.29, 1.82) is 5.26 Å². The molecule has 3 aromatic rings. The molecule has 150 valence electrons. The number of amides is 1. The number of carbonyl (C=O) groups excluding carboxylic acids is 1. The van der Waals surface area contributed by atoms with Crippen LogP contribution < -0.4 is 10.6 Å². The van der Waals surface area contributed by atoms with E-state index in [1.54, 1.807) is 12.1 Å². The van der Waals surface area contributed by atoms with E-state index in [1.807, 2.05) is 60.7 Å².